The van der Waals surface area contributed by atoms with Crippen LogP contribution in [0.3, 0.4) is 0 Å². The van der Waals surface area contributed by atoms with Crippen molar-refractivity contribution in [1.29, 1.82) is 0 Å². The SMILES string of the molecule is C=CCC(CC)(C(=O)c1ccccc1)N(C)C. The lowest BCUT2D eigenvalue weighted by Crippen LogP contribution is -2.50. The Morgan fingerprint density at radius 1 is 1.35 bits per heavy atom. The molecule has 92 valence electrons. The predicted octanol–water partition coefficient (Wildman–Crippen LogP) is 3.16. The Balaban J connectivity index is 3.15. The molecule has 0 N–H and O–H groups in total. The zero-order valence-corrected chi connectivity index (χ0v) is 10.9. The maximum atomic E-state index is 12.6. The lowest BCUT2D eigenvalue weighted by atomic mass is 9.82. The number of carbonyl (C=O) groups is 1. The normalized spacial score (nSPS) is 14.4. The van der Waals surface area contributed by atoms with Gasteiger partial charge in [0.05, 0.1) is 5.54 Å². The predicted molar refractivity (Wildman–Crippen MR) is 72.3 cm³/mol. The Morgan fingerprint density at radius 3 is 2.35 bits per heavy atom. The van der Waals surface area contributed by atoms with Gasteiger partial charge in [-0.15, -0.1) is 6.58 Å². The van der Waals surface area contributed by atoms with E-state index in [2.05, 4.69) is 6.58 Å². The molecule has 0 spiro atoms. The number of hydrogen-bond acceptors (Lipinski definition) is 2. The van der Waals surface area contributed by atoms with E-state index in [0.29, 0.717) is 6.42 Å². The lowest BCUT2D eigenvalue weighted by Gasteiger charge is -2.37. The molecule has 2 heteroatoms. The van der Waals surface area contributed by atoms with E-state index < -0.39 is 5.54 Å². The van der Waals surface area contributed by atoms with E-state index in [0.717, 1.165) is 12.0 Å². The van der Waals surface area contributed by atoms with Crippen molar-refractivity contribution < 1.29 is 4.79 Å². The first-order chi connectivity index (χ1) is 8.08. The fraction of sp³-hybridized carbons (Fsp3) is 0.400. The number of likely N-dealkylation sites (N-methyl/N-ethyl adjacent to an activating group) is 1. The van der Waals surface area contributed by atoms with E-state index in [1.54, 1.807) is 0 Å². The van der Waals surface area contributed by atoms with Gasteiger partial charge < -0.3 is 0 Å². The largest absolute Gasteiger partial charge is 0.297 e. The van der Waals surface area contributed by atoms with Gasteiger partial charge in [0.2, 0.25) is 0 Å². The highest BCUT2D eigenvalue weighted by Gasteiger charge is 2.37. The second-order valence-electron chi connectivity index (χ2n) is 4.47. The summed E-state index contributed by atoms with van der Waals surface area (Å²) in [5.41, 5.74) is 0.299. The number of rotatable bonds is 6. The molecule has 17 heavy (non-hydrogen) atoms. The summed E-state index contributed by atoms with van der Waals surface area (Å²) in [7, 11) is 3.90. The molecular weight excluding hydrogens is 210 g/mol. The minimum Gasteiger partial charge on any atom is -0.297 e. The molecule has 0 saturated heterocycles. The fourth-order valence-corrected chi connectivity index (χ4v) is 2.20. The van der Waals surface area contributed by atoms with Crippen LogP contribution in [-0.4, -0.2) is 30.3 Å². The third-order valence-corrected chi connectivity index (χ3v) is 3.38. The molecule has 1 aromatic rings. The van der Waals surface area contributed by atoms with E-state index in [1.165, 1.54) is 0 Å². The number of hydrogen-bond donors (Lipinski definition) is 0. The minimum atomic E-state index is -0.469. The standard InChI is InChI=1S/C15H21NO/c1-5-12-15(6-2,16(3)4)14(17)13-10-8-7-9-11-13/h5,7-11H,1,6,12H2,2-4H3. The number of benzene rings is 1. The molecule has 1 unspecified atom stereocenters. The highest BCUT2D eigenvalue weighted by Crippen LogP contribution is 2.27. The van der Waals surface area contributed by atoms with E-state index >= 15 is 0 Å². The molecular formula is C15H21NO. The third kappa shape index (κ3) is 2.64. The zero-order valence-electron chi connectivity index (χ0n) is 10.9. The molecule has 2 nitrogen and oxygen atoms in total. The van der Waals surface area contributed by atoms with Gasteiger partial charge in [-0.1, -0.05) is 43.3 Å². The molecule has 0 fully saturated rings. The summed E-state index contributed by atoms with van der Waals surface area (Å²) in [6, 6.07) is 9.47. The molecule has 1 atom stereocenters. The Kier molecular flexibility index (Phi) is 4.64. The van der Waals surface area contributed by atoms with Crippen LogP contribution in [0.15, 0.2) is 43.0 Å². The maximum absolute atomic E-state index is 12.6. The van der Waals surface area contributed by atoms with Crippen LogP contribution in [0.4, 0.5) is 0 Å². The van der Waals surface area contributed by atoms with Gasteiger partial charge in [0.25, 0.3) is 0 Å². The van der Waals surface area contributed by atoms with Crippen molar-refractivity contribution in [3.63, 3.8) is 0 Å². The van der Waals surface area contributed by atoms with Crippen molar-refractivity contribution in [2.75, 3.05) is 14.1 Å². The van der Waals surface area contributed by atoms with Crippen molar-refractivity contribution in [3.8, 4) is 0 Å². The van der Waals surface area contributed by atoms with Gasteiger partial charge in [0.15, 0.2) is 5.78 Å². The highest BCUT2D eigenvalue weighted by atomic mass is 16.1. The average molecular weight is 231 g/mol. The van der Waals surface area contributed by atoms with Gasteiger partial charge >= 0.3 is 0 Å². The number of Topliss-reactive ketones (excluding diaryl/α,β-unsaturated/α-hetero) is 1. The van der Waals surface area contributed by atoms with E-state index in [1.807, 2.05) is 62.3 Å². The Morgan fingerprint density at radius 2 is 1.94 bits per heavy atom. The van der Waals surface area contributed by atoms with Crippen LogP contribution in [0.1, 0.15) is 30.1 Å². The van der Waals surface area contributed by atoms with Crippen LogP contribution < -0.4 is 0 Å². The molecule has 0 aliphatic rings. The Hall–Kier alpha value is -1.41. The number of nitrogens with zero attached hydrogens (tertiary/aromatic N) is 1. The Labute approximate surface area is 104 Å². The molecule has 0 aromatic heterocycles. The van der Waals surface area contributed by atoms with Gasteiger partial charge in [0, 0.05) is 5.56 Å². The molecule has 0 bridgehead atoms. The van der Waals surface area contributed by atoms with Crippen LogP contribution in [0, 0.1) is 0 Å². The second kappa shape index (κ2) is 5.78. The van der Waals surface area contributed by atoms with Crippen LogP contribution in [-0.2, 0) is 0 Å². The van der Waals surface area contributed by atoms with E-state index in [9.17, 15) is 4.79 Å². The summed E-state index contributed by atoms with van der Waals surface area (Å²) in [4.78, 5) is 14.6. The lowest BCUT2D eigenvalue weighted by molar-refractivity contribution is 0.0673. The maximum Gasteiger partial charge on any atom is 0.183 e. The Bertz CT molecular complexity index is 383. The van der Waals surface area contributed by atoms with Crippen molar-refractivity contribution in [3.05, 3.63) is 48.6 Å². The van der Waals surface area contributed by atoms with Crippen molar-refractivity contribution in [1.82, 2.24) is 4.90 Å². The van der Waals surface area contributed by atoms with Crippen molar-refractivity contribution >= 4 is 5.78 Å². The molecule has 0 aliphatic heterocycles. The first-order valence-electron chi connectivity index (χ1n) is 5.96. The highest BCUT2D eigenvalue weighted by molar-refractivity contribution is 6.03. The first-order valence-corrected chi connectivity index (χ1v) is 5.96. The van der Waals surface area contributed by atoms with Crippen LogP contribution in [0.5, 0.6) is 0 Å². The summed E-state index contributed by atoms with van der Waals surface area (Å²) in [6.45, 7) is 5.82. The van der Waals surface area contributed by atoms with Gasteiger partial charge in [0.1, 0.15) is 0 Å². The third-order valence-electron chi connectivity index (χ3n) is 3.38. The van der Waals surface area contributed by atoms with Gasteiger partial charge in [-0.3, -0.25) is 9.69 Å². The van der Waals surface area contributed by atoms with E-state index in [4.69, 9.17) is 0 Å². The molecule has 1 aromatic carbocycles. The second-order valence-corrected chi connectivity index (χ2v) is 4.47. The topological polar surface area (TPSA) is 20.3 Å². The zero-order chi connectivity index (χ0) is 12.9. The number of carbonyl (C=O) groups excluding carboxylic acids is 1. The molecule has 1 rings (SSSR count). The van der Waals surface area contributed by atoms with Gasteiger partial charge in [-0.05, 0) is 26.9 Å². The van der Waals surface area contributed by atoms with Gasteiger partial charge in [-0.25, -0.2) is 0 Å². The monoisotopic (exact) mass is 231 g/mol. The summed E-state index contributed by atoms with van der Waals surface area (Å²) in [5.74, 6) is 0.172. The summed E-state index contributed by atoms with van der Waals surface area (Å²) >= 11 is 0. The van der Waals surface area contributed by atoms with Crippen LogP contribution in [0.2, 0.25) is 0 Å². The number of ketones is 1. The summed E-state index contributed by atoms with van der Waals surface area (Å²) < 4.78 is 0. The minimum absolute atomic E-state index is 0.172. The summed E-state index contributed by atoms with van der Waals surface area (Å²) in [5, 5.41) is 0. The quantitative estimate of drug-likeness (QED) is 0.553. The molecule has 0 aliphatic carbocycles. The first kappa shape index (κ1) is 13.7. The average Bonchev–Trinajstić information content (AvgIpc) is 2.36. The van der Waals surface area contributed by atoms with Gasteiger partial charge in [-0.2, -0.15) is 0 Å². The smallest absolute Gasteiger partial charge is 0.183 e. The van der Waals surface area contributed by atoms with Crippen LogP contribution in [0.25, 0.3) is 0 Å². The molecule has 0 radical (unpaired) electrons. The molecule has 0 amide bonds. The summed E-state index contributed by atoms with van der Waals surface area (Å²) in [6.07, 6.45) is 3.27. The van der Waals surface area contributed by atoms with Crippen LogP contribution >= 0.6 is 0 Å². The molecule has 0 heterocycles. The van der Waals surface area contributed by atoms with E-state index in [-0.39, 0.29) is 5.78 Å². The van der Waals surface area contributed by atoms with Crippen molar-refractivity contribution in [2.24, 2.45) is 0 Å². The fourth-order valence-electron chi connectivity index (χ4n) is 2.20. The van der Waals surface area contributed by atoms with Crippen molar-refractivity contribution in [2.45, 2.75) is 25.3 Å². The molecule has 0 saturated carbocycles.